The van der Waals surface area contributed by atoms with Crippen molar-refractivity contribution in [2.75, 3.05) is 0 Å². The first kappa shape index (κ1) is 26.2. The molecule has 0 aliphatic rings. The molecule has 0 atom stereocenters. The van der Waals surface area contributed by atoms with Gasteiger partial charge in [-0.2, -0.15) is 13.5 Å². The SMILES string of the molecule is S.[Ba+2].[H-].[H-].[InH3].[Zn]. The average molecular weight is 357 g/mol. The predicted molar refractivity (Wildman–Crippen MR) is 28.3 cm³/mol. The van der Waals surface area contributed by atoms with Crippen LogP contribution in [0.15, 0.2) is 0 Å². The molecule has 0 radical (unpaired) electrons. The van der Waals surface area contributed by atoms with Gasteiger partial charge in [-0.25, -0.2) is 0 Å². The van der Waals surface area contributed by atoms with E-state index >= 15 is 0 Å². The van der Waals surface area contributed by atoms with Gasteiger partial charge in [-0.3, -0.25) is 0 Å². The van der Waals surface area contributed by atoms with E-state index in [1.54, 1.807) is 0 Å². The van der Waals surface area contributed by atoms with Gasteiger partial charge in [0.05, 0.1) is 0 Å². The van der Waals surface area contributed by atoms with E-state index in [0.29, 0.717) is 0 Å². The molecular weight excluding hydrogens is 350 g/mol. The maximum atomic E-state index is 0. The minimum Gasteiger partial charge on any atom is 0 e. The second-order valence-corrected chi connectivity index (χ2v) is 0. The summed E-state index contributed by atoms with van der Waals surface area (Å²) < 4.78 is 0. The fourth-order valence-corrected chi connectivity index (χ4v) is 0. The number of rotatable bonds is 0. The Morgan fingerprint density at radius 2 is 1.25 bits per heavy atom. The molecule has 0 heterocycles. The second-order valence-electron chi connectivity index (χ2n) is 0. The summed E-state index contributed by atoms with van der Waals surface area (Å²) in [5.74, 6) is 0. The summed E-state index contributed by atoms with van der Waals surface area (Å²) in [5.41, 5.74) is 0. The molecule has 0 aromatic rings. The van der Waals surface area contributed by atoms with Gasteiger partial charge < -0.3 is 2.85 Å². The minimum absolute atomic E-state index is 0. The monoisotopic (exact) mass is 356 g/mol. The molecule has 0 nitrogen and oxygen atoms in total. The first-order valence-corrected chi connectivity index (χ1v) is 0. The van der Waals surface area contributed by atoms with Gasteiger partial charge in [0.15, 0.2) is 0 Å². The van der Waals surface area contributed by atoms with Crippen LogP contribution >= 0.6 is 13.5 Å². The van der Waals surface area contributed by atoms with Crippen LogP contribution in [0.5, 0.6) is 0 Å². The molecule has 0 unspecified atom stereocenters. The molecule has 20 valence electrons. The fourth-order valence-electron chi connectivity index (χ4n) is 0. The molecule has 4 heavy (non-hydrogen) atoms. The van der Waals surface area contributed by atoms with Gasteiger partial charge in [0.25, 0.3) is 0 Å². The van der Waals surface area contributed by atoms with Gasteiger partial charge in [0.1, 0.15) is 0 Å². The summed E-state index contributed by atoms with van der Waals surface area (Å²) in [5, 5.41) is 0. The fraction of sp³-hybridized carbons (Fsp3) is 0. The zero-order chi connectivity index (χ0) is 0. The van der Waals surface area contributed by atoms with E-state index in [9.17, 15) is 0 Å². The van der Waals surface area contributed by atoms with Gasteiger partial charge in [0.2, 0.25) is 0 Å². The van der Waals surface area contributed by atoms with E-state index in [0.717, 1.165) is 0 Å². The van der Waals surface area contributed by atoms with E-state index in [-0.39, 0.29) is 111 Å². The Morgan fingerprint density at radius 1 is 1.25 bits per heavy atom. The molecule has 0 saturated heterocycles. The zero-order valence-corrected chi connectivity index (χ0v) is 10.3. The Balaban J connectivity index is 0. The maximum absolute atomic E-state index is 0. The van der Waals surface area contributed by atoms with Crippen LogP contribution in [0.2, 0.25) is 0 Å². The second kappa shape index (κ2) is 16.1. The Kier molecular flexibility index (Phi) is 106. The third-order valence-corrected chi connectivity index (χ3v) is 0. The molecule has 0 saturated carbocycles. The Hall–Kier alpha value is 3.41. The van der Waals surface area contributed by atoms with E-state index in [2.05, 4.69) is 0 Å². The molecule has 0 aromatic carbocycles. The standard InChI is InChI=1S/Ba.In.H2S.Zn.5H/h;;1H2;;;;;;/q+2;;;;;;;2*-1. The summed E-state index contributed by atoms with van der Waals surface area (Å²) in [4.78, 5) is 0. The Morgan fingerprint density at radius 3 is 1.25 bits per heavy atom. The molecule has 0 amide bonds. The van der Waals surface area contributed by atoms with Crippen molar-refractivity contribution in [3.05, 3.63) is 0 Å². The van der Waals surface area contributed by atoms with Crippen LogP contribution in [0, 0.1) is 0 Å². The normalized spacial score (nSPS) is 0. The molecule has 0 bridgehead atoms. The molecule has 0 fully saturated rings. The van der Waals surface area contributed by atoms with Crippen molar-refractivity contribution in [2.45, 2.75) is 0 Å². The Bertz CT molecular complexity index is 13.5. The van der Waals surface area contributed by atoms with Crippen molar-refractivity contribution in [2.24, 2.45) is 0 Å². The van der Waals surface area contributed by atoms with E-state index in [1.807, 2.05) is 0 Å². The number of hydrogen-bond acceptors (Lipinski definition) is 0. The van der Waals surface area contributed by atoms with Crippen molar-refractivity contribution in [3.8, 4) is 0 Å². The van der Waals surface area contributed by atoms with Crippen LogP contribution < -0.4 is 0 Å². The van der Waals surface area contributed by atoms with Crippen molar-refractivity contribution >= 4 is 88.2 Å². The first-order chi connectivity index (χ1) is 0. The van der Waals surface area contributed by atoms with Crippen molar-refractivity contribution in [1.82, 2.24) is 0 Å². The zero-order valence-electron chi connectivity index (χ0n) is 3.91. The third-order valence-electron chi connectivity index (χ3n) is 0. The quantitative estimate of drug-likeness (QED) is 0.477. The van der Waals surface area contributed by atoms with Crippen LogP contribution in [0.1, 0.15) is 2.85 Å². The summed E-state index contributed by atoms with van der Waals surface area (Å²) in [6, 6.07) is 0. The van der Waals surface area contributed by atoms with Gasteiger partial charge in [0, 0.05) is 19.5 Å². The van der Waals surface area contributed by atoms with Crippen LogP contribution in [-0.2, 0) is 19.5 Å². The average Bonchev–Trinajstić information content (AvgIpc) is 0. The molecule has 0 aliphatic heterocycles. The van der Waals surface area contributed by atoms with Crippen molar-refractivity contribution in [3.63, 3.8) is 0 Å². The first-order valence-electron chi connectivity index (χ1n) is 0. The molecule has 0 N–H and O–H groups in total. The van der Waals surface area contributed by atoms with E-state index < -0.39 is 0 Å². The molecular formula is H7BaInSZn. The molecule has 0 rings (SSSR count). The maximum Gasteiger partial charge on any atom is 0 e. The van der Waals surface area contributed by atoms with Gasteiger partial charge in [-0.05, 0) is 0 Å². The topological polar surface area (TPSA) is 0 Å². The van der Waals surface area contributed by atoms with Crippen LogP contribution in [0.3, 0.4) is 0 Å². The molecule has 0 aromatic heterocycles. The van der Waals surface area contributed by atoms with Crippen LogP contribution in [-0.4, -0.2) is 74.7 Å². The summed E-state index contributed by atoms with van der Waals surface area (Å²) in [6.07, 6.45) is 0. The summed E-state index contributed by atoms with van der Waals surface area (Å²) in [7, 11) is 0. The van der Waals surface area contributed by atoms with Gasteiger partial charge in [-0.1, -0.05) is 0 Å². The van der Waals surface area contributed by atoms with Gasteiger partial charge >= 0.3 is 74.7 Å². The van der Waals surface area contributed by atoms with Gasteiger partial charge in [-0.15, -0.1) is 0 Å². The molecule has 0 spiro atoms. The minimum atomic E-state index is 0. The van der Waals surface area contributed by atoms with Crippen molar-refractivity contribution < 1.29 is 22.3 Å². The Labute approximate surface area is 108 Å². The number of hydrogen-bond donors (Lipinski definition) is 0. The molecule has 4 heteroatoms. The van der Waals surface area contributed by atoms with Crippen LogP contribution in [0.4, 0.5) is 0 Å². The predicted octanol–water partition coefficient (Wildman–Crippen LogP) is -1.23. The smallest absolute Gasteiger partial charge is 0 e. The van der Waals surface area contributed by atoms with E-state index in [1.165, 1.54) is 0 Å². The van der Waals surface area contributed by atoms with Crippen LogP contribution in [0.25, 0.3) is 0 Å². The molecule has 0 aliphatic carbocycles. The summed E-state index contributed by atoms with van der Waals surface area (Å²) in [6.45, 7) is 0. The largest absolute Gasteiger partial charge is 0 e. The third kappa shape index (κ3) is 9.05. The summed E-state index contributed by atoms with van der Waals surface area (Å²) >= 11 is 0. The van der Waals surface area contributed by atoms with E-state index in [4.69, 9.17) is 0 Å². The van der Waals surface area contributed by atoms with Crippen molar-refractivity contribution in [1.29, 1.82) is 0 Å².